The van der Waals surface area contributed by atoms with Crippen molar-refractivity contribution in [2.75, 3.05) is 0 Å². The molecule has 0 amide bonds. The van der Waals surface area contributed by atoms with E-state index < -0.39 is 5.82 Å². The lowest BCUT2D eigenvalue weighted by atomic mass is 10.2. The van der Waals surface area contributed by atoms with E-state index in [1.54, 1.807) is 0 Å². The fraction of sp³-hybridized carbons (Fsp3) is 0. The Morgan fingerprint density at radius 3 is 2.72 bits per heavy atom. The number of hydrogen-bond acceptors (Lipinski definition) is 3. The number of nitrogens with one attached hydrogen (secondary N) is 1. The number of hydrogen-bond donors (Lipinski definition) is 2. The molecule has 1 heterocycles. The van der Waals surface area contributed by atoms with Crippen LogP contribution >= 0.6 is 11.6 Å². The molecule has 1 aromatic carbocycles. The highest BCUT2D eigenvalue weighted by molar-refractivity contribution is 6.30. The number of aromatic nitrogens is 1. The molecule has 0 aliphatic carbocycles. The fourth-order valence-electron chi connectivity index (χ4n) is 1.33. The van der Waals surface area contributed by atoms with Crippen molar-refractivity contribution in [2.45, 2.75) is 0 Å². The van der Waals surface area contributed by atoms with Crippen LogP contribution in [0.5, 0.6) is 11.5 Å². The van der Waals surface area contributed by atoms with Gasteiger partial charge in [-0.3, -0.25) is 10.4 Å². The lowest BCUT2D eigenvalue weighted by molar-refractivity contribution is 0.440. The highest BCUT2D eigenvalue weighted by atomic mass is 35.5. The van der Waals surface area contributed by atoms with Gasteiger partial charge in [-0.05, 0) is 18.2 Å². The number of nitrogens with two attached hydrogens (primary N) is 1. The van der Waals surface area contributed by atoms with Crippen LogP contribution in [0.15, 0.2) is 36.7 Å². The molecule has 2 aromatic rings. The predicted molar refractivity (Wildman–Crippen MR) is 66.7 cm³/mol. The van der Waals surface area contributed by atoms with Gasteiger partial charge in [-0.15, -0.1) is 0 Å². The standard InChI is InChI=1S/C12H9ClFN3O/c13-8-4-9(6-17-5-8)18-11-2-1-7(12(15)16)3-10(11)14/h1-6H,(H3,15,16). The van der Waals surface area contributed by atoms with Crippen LogP contribution in [0.3, 0.4) is 0 Å². The molecule has 3 N–H and O–H groups in total. The van der Waals surface area contributed by atoms with Crippen LogP contribution in [-0.4, -0.2) is 10.8 Å². The van der Waals surface area contributed by atoms with Crippen molar-refractivity contribution in [3.63, 3.8) is 0 Å². The normalized spacial score (nSPS) is 10.1. The SMILES string of the molecule is N=C(N)c1ccc(Oc2cncc(Cl)c2)c(F)c1. The summed E-state index contributed by atoms with van der Waals surface area (Å²) >= 11 is 5.74. The average molecular weight is 266 g/mol. The Kier molecular flexibility index (Phi) is 3.43. The zero-order chi connectivity index (χ0) is 13.1. The van der Waals surface area contributed by atoms with Crippen LogP contribution in [0.2, 0.25) is 5.02 Å². The van der Waals surface area contributed by atoms with E-state index in [0.29, 0.717) is 16.3 Å². The van der Waals surface area contributed by atoms with E-state index in [9.17, 15) is 4.39 Å². The summed E-state index contributed by atoms with van der Waals surface area (Å²) in [5, 5.41) is 7.59. The van der Waals surface area contributed by atoms with E-state index in [1.807, 2.05) is 0 Å². The summed E-state index contributed by atoms with van der Waals surface area (Å²) in [7, 11) is 0. The molecular formula is C12H9ClFN3O. The molecule has 1 aromatic heterocycles. The minimum Gasteiger partial charge on any atom is -0.453 e. The highest BCUT2D eigenvalue weighted by Crippen LogP contribution is 2.26. The van der Waals surface area contributed by atoms with Crippen LogP contribution in [0.4, 0.5) is 4.39 Å². The molecule has 0 radical (unpaired) electrons. The average Bonchev–Trinajstić information content (AvgIpc) is 2.31. The van der Waals surface area contributed by atoms with Crippen LogP contribution in [-0.2, 0) is 0 Å². The molecule has 4 nitrogen and oxygen atoms in total. The Bertz CT molecular complexity index is 604. The fourth-order valence-corrected chi connectivity index (χ4v) is 1.49. The van der Waals surface area contributed by atoms with Gasteiger partial charge in [0.25, 0.3) is 0 Å². The van der Waals surface area contributed by atoms with Gasteiger partial charge in [0.1, 0.15) is 11.6 Å². The third-order valence-corrected chi connectivity index (χ3v) is 2.36. The van der Waals surface area contributed by atoms with E-state index in [-0.39, 0.29) is 11.6 Å². The number of halogens is 2. The van der Waals surface area contributed by atoms with E-state index in [2.05, 4.69) is 4.98 Å². The van der Waals surface area contributed by atoms with Crippen LogP contribution in [0.25, 0.3) is 0 Å². The Balaban J connectivity index is 2.27. The number of ether oxygens (including phenoxy) is 1. The molecule has 0 aliphatic rings. The monoisotopic (exact) mass is 265 g/mol. The van der Waals surface area contributed by atoms with Gasteiger partial charge in [-0.2, -0.15) is 0 Å². The lowest BCUT2D eigenvalue weighted by Crippen LogP contribution is -2.11. The predicted octanol–water partition coefficient (Wildman–Crippen LogP) is 2.95. The molecule has 0 fully saturated rings. The van der Waals surface area contributed by atoms with Gasteiger partial charge >= 0.3 is 0 Å². The largest absolute Gasteiger partial charge is 0.453 e. The summed E-state index contributed by atoms with van der Waals surface area (Å²) in [5.74, 6) is -0.464. The first-order valence-corrected chi connectivity index (χ1v) is 5.36. The van der Waals surface area contributed by atoms with E-state index >= 15 is 0 Å². The molecule has 0 unspecified atom stereocenters. The van der Waals surface area contributed by atoms with Crippen molar-refractivity contribution in [1.29, 1.82) is 5.41 Å². The number of benzene rings is 1. The summed E-state index contributed by atoms with van der Waals surface area (Å²) in [6.07, 6.45) is 2.87. The topological polar surface area (TPSA) is 72.0 Å². The van der Waals surface area contributed by atoms with Crippen molar-refractivity contribution in [3.8, 4) is 11.5 Å². The lowest BCUT2D eigenvalue weighted by Gasteiger charge is -2.07. The second-order valence-corrected chi connectivity index (χ2v) is 3.94. The maximum absolute atomic E-state index is 13.7. The zero-order valence-electron chi connectivity index (χ0n) is 9.15. The molecular weight excluding hydrogens is 257 g/mol. The molecule has 0 aliphatic heterocycles. The zero-order valence-corrected chi connectivity index (χ0v) is 9.91. The molecule has 0 spiro atoms. The van der Waals surface area contributed by atoms with Crippen molar-refractivity contribution < 1.29 is 9.13 Å². The number of nitrogens with zero attached hydrogens (tertiary/aromatic N) is 1. The Labute approximate surface area is 108 Å². The second-order valence-electron chi connectivity index (χ2n) is 3.50. The highest BCUT2D eigenvalue weighted by Gasteiger charge is 2.08. The molecule has 0 atom stereocenters. The summed E-state index contributed by atoms with van der Waals surface area (Å²) in [4.78, 5) is 3.82. The smallest absolute Gasteiger partial charge is 0.166 e. The van der Waals surface area contributed by atoms with E-state index in [4.69, 9.17) is 27.5 Å². The Hall–Kier alpha value is -2.14. The maximum atomic E-state index is 13.7. The Morgan fingerprint density at radius 2 is 2.11 bits per heavy atom. The van der Waals surface area contributed by atoms with Gasteiger partial charge in [0.05, 0.1) is 11.2 Å². The number of pyridine rings is 1. The van der Waals surface area contributed by atoms with Gasteiger partial charge in [-0.25, -0.2) is 4.39 Å². The number of rotatable bonds is 3. The summed E-state index contributed by atoms with van der Waals surface area (Å²) in [6.45, 7) is 0. The van der Waals surface area contributed by atoms with Crippen LogP contribution < -0.4 is 10.5 Å². The minimum atomic E-state index is -0.609. The number of nitrogen functional groups attached to an aromatic ring is 1. The first kappa shape index (κ1) is 12.3. The number of amidine groups is 1. The third-order valence-electron chi connectivity index (χ3n) is 2.15. The molecule has 2 rings (SSSR count). The molecule has 0 bridgehead atoms. The summed E-state index contributed by atoms with van der Waals surface area (Å²) < 4.78 is 19.0. The molecule has 0 saturated carbocycles. The van der Waals surface area contributed by atoms with Crippen molar-refractivity contribution in [1.82, 2.24) is 4.98 Å². The first-order chi connectivity index (χ1) is 8.56. The quantitative estimate of drug-likeness (QED) is 0.662. The van der Waals surface area contributed by atoms with E-state index in [1.165, 1.54) is 30.6 Å². The summed E-state index contributed by atoms with van der Waals surface area (Å²) in [5.41, 5.74) is 5.55. The maximum Gasteiger partial charge on any atom is 0.166 e. The molecule has 6 heteroatoms. The van der Waals surface area contributed by atoms with Gasteiger partial charge in [0.15, 0.2) is 11.6 Å². The Morgan fingerprint density at radius 1 is 1.33 bits per heavy atom. The van der Waals surface area contributed by atoms with Gasteiger partial charge in [-0.1, -0.05) is 11.6 Å². The van der Waals surface area contributed by atoms with Gasteiger partial charge in [0, 0.05) is 17.8 Å². The van der Waals surface area contributed by atoms with Gasteiger partial charge in [0.2, 0.25) is 0 Å². The molecule has 0 saturated heterocycles. The van der Waals surface area contributed by atoms with Gasteiger partial charge < -0.3 is 10.5 Å². The van der Waals surface area contributed by atoms with Crippen molar-refractivity contribution in [3.05, 3.63) is 53.1 Å². The summed E-state index contributed by atoms with van der Waals surface area (Å²) in [6, 6.07) is 5.55. The minimum absolute atomic E-state index is 0.0177. The molecule has 92 valence electrons. The van der Waals surface area contributed by atoms with Crippen molar-refractivity contribution >= 4 is 17.4 Å². The molecule has 18 heavy (non-hydrogen) atoms. The van der Waals surface area contributed by atoms with E-state index in [0.717, 1.165) is 6.07 Å². The third kappa shape index (κ3) is 2.75. The van der Waals surface area contributed by atoms with Crippen LogP contribution in [0, 0.1) is 11.2 Å². The van der Waals surface area contributed by atoms with Crippen molar-refractivity contribution in [2.24, 2.45) is 5.73 Å². The van der Waals surface area contributed by atoms with Crippen LogP contribution in [0.1, 0.15) is 5.56 Å². The second kappa shape index (κ2) is 5.01. The first-order valence-electron chi connectivity index (χ1n) is 4.98.